The van der Waals surface area contributed by atoms with Gasteiger partial charge in [-0.15, -0.1) is 0 Å². The summed E-state index contributed by atoms with van der Waals surface area (Å²) in [5.41, 5.74) is 0. The van der Waals surface area contributed by atoms with Crippen LogP contribution in [0.2, 0.25) is 0 Å². The quantitative estimate of drug-likeness (QED) is 0.596. The van der Waals surface area contributed by atoms with E-state index in [-0.39, 0.29) is 6.04 Å². The van der Waals surface area contributed by atoms with Crippen LogP contribution in [0, 0.1) is 5.92 Å². The average molecular weight is 192 g/mol. The lowest BCUT2D eigenvalue weighted by atomic mass is 10.1. The lowest BCUT2D eigenvalue weighted by molar-refractivity contribution is 0.461. The monoisotopic (exact) mass is 192 g/mol. The fraction of sp³-hybridized carbons (Fsp3) is 1.00. The van der Waals surface area contributed by atoms with Gasteiger partial charge < -0.3 is 0 Å². The van der Waals surface area contributed by atoms with E-state index >= 15 is 0 Å². The molecule has 0 radical (unpaired) electrons. The smallest absolute Gasteiger partial charge is 0.195 e. The molecule has 1 fully saturated rings. The van der Waals surface area contributed by atoms with Crippen molar-refractivity contribution in [2.75, 3.05) is 20.6 Å². The van der Waals surface area contributed by atoms with Gasteiger partial charge in [-0.2, -0.15) is 17.0 Å². The van der Waals surface area contributed by atoms with Crippen LogP contribution < -0.4 is 0 Å². The van der Waals surface area contributed by atoms with Crippen LogP contribution in [-0.2, 0) is 10.2 Å². The SMILES string of the molecule is CC(C)[C@H]1CN1S(=O)(=O)N(C)C. The number of rotatable bonds is 3. The minimum absolute atomic E-state index is 0.220. The second kappa shape index (κ2) is 2.97. The molecule has 5 heteroatoms. The van der Waals surface area contributed by atoms with Gasteiger partial charge in [0.1, 0.15) is 0 Å². The molecule has 0 aromatic carbocycles. The Morgan fingerprint density at radius 2 is 1.92 bits per heavy atom. The first-order valence-electron chi connectivity index (χ1n) is 4.06. The molecule has 1 rings (SSSR count). The summed E-state index contributed by atoms with van der Waals surface area (Å²) in [5, 5.41) is 0. The zero-order valence-electron chi connectivity index (χ0n) is 7.98. The van der Waals surface area contributed by atoms with Crippen molar-refractivity contribution in [1.82, 2.24) is 8.61 Å². The minimum atomic E-state index is -3.13. The Hall–Kier alpha value is -0.130. The van der Waals surface area contributed by atoms with E-state index in [0.29, 0.717) is 12.5 Å². The van der Waals surface area contributed by atoms with Crippen molar-refractivity contribution in [2.24, 2.45) is 5.92 Å². The first kappa shape index (κ1) is 9.95. The second-order valence-corrected chi connectivity index (χ2v) is 5.77. The highest BCUT2D eigenvalue weighted by Crippen LogP contribution is 2.29. The maximum atomic E-state index is 11.5. The van der Waals surface area contributed by atoms with E-state index in [4.69, 9.17) is 0 Å². The molecule has 1 aliphatic heterocycles. The molecule has 1 heterocycles. The predicted molar refractivity (Wildman–Crippen MR) is 47.9 cm³/mol. The van der Waals surface area contributed by atoms with Gasteiger partial charge in [0.25, 0.3) is 10.2 Å². The van der Waals surface area contributed by atoms with Crippen molar-refractivity contribution in [3.05, 3.63) is 0 Å². The Balaban J connectivity index is 2.65. The molecule has 1 aliphatic rings. The summed E-state index contributed by atoms with van der Waals surface area (Å²) in [6.45, 7) is 4.75. The molecule has 0 aromatic heterocycles. The summed E-state index contributed by atoms with van der Waals surface area (Å²) in [6.07, 6.45) is 0. The Morgan fingerprint density at radius 1 is 1.42 bits per heavy atom. The van der Waals surface area contributed by atoms with Gasteiger partial charge in [-0.1, -0.05) is 13.8 Å². The fourth-order valence-corrected chi connectivity index (χ4v) is 2.50. The summed E-state index contributed by atoms with van der Waals surface area (Å²) < 4.78 is 25.7. The van der Waals surface area contributed by atoms with Gasteiger partial charge in [0.15, 0.2) is 0 Å². The van der Waals surface area contributed by atoms with Crippen LogP contribution >= 0.6 is 0 Å². The van der Waals surface area contributed by atoms with Crippen molar-refractivity contribution in [3.63, 3.8) is 0 Å². The summed E-state index contributed by atoms with van der Waals surface area (Å²) in [4.78, 5) is 0. The van der Waals surface area contributed by atoms with Gasteiger partial charge in [-0.25, -0.2) is 0 Å². The highest BCUT2D eigenvalue weighted by Gasteiger charge is 2.46. The molecule has 1 unspecified atom stereocenters. The first-order valence-corrected chi connectivity index (χ1v) is 5.46. The van der Waals surface area contributed by atoms with Crippen LogP contribution in [0.3, 0.4) is 0 Å². The Bertz CT molecular complexity index is 259. The zero-order chi connectivity index (χ0) is 9.52. The third kappa shape index (κ3) is 1.62. The lowest BCUT2D eigenvalue weighted by Gasteiger charge is -2.13. The van der Waals surface area contributed by atoms with Gasteiger partial charge >= 0.3 is 0 Å². The second-order valence-electron chi connectivity index (χ2n) is 3.67. The highest BCUT2D eigenvalue weighted by molar-refractivity contribution is 7.87. The summed E-state index contributed by atoms with van der Waals surface area (Å²) in [7, 11) is -0.0101. The summed E-state index contributed by atoms with van der Waals surface area (Å²) in [6, 6.07) is 0.220. The molecule has 0 aromatic rings. The van der Waals surface area contributed by atoms with E-state index in [9.17, 15) is 8.42 Å². The van der Waals surface area contributed by atoms with Crippen LogP contribution in [-0.4, -0.2) is 43.7 Å². The number of hydrogen-bond acceptors (Lipinski definition) is 2. The van der Waals surface area contributed by atoms with Gasteiger partial charge in [-0.05, 0) is 5.92 Å². The van der Waals surface area contributed by atoms with Crippen LogP contribution in [0.5, 0.6) is 0 Å². The van der Waals surface area contributed by atoms with E-state index < -0.39 is 10.2 Å². The number of hydrogen-bond donors (Lipinski definition) is 0. The van der Waals surface area contributed by atoms with Gasteiger partial charge in [0, 0.05) is 26.7 Å². The van der Waals surface area contributed by atoms with Crippen molar-refractivity contribution >= 4 is 10.2 Å². The summed E-state index contributed by atoms with van der Waals surface area (Å²) >= 11 is 0. The molecule has 72 valence electrons. The minimum Gasteiger partial charge on any atom is -0.195 e. The van der Waals surface area contributed by atoms with E-state index in [1.54, 1.807) is 14.1 Å². The average Bonchev–Trinajstić information content (AvgIpc) is 2.63. The Labute approximate surface area is 74.3 Å². The molecule has 0 aliphatic carbocycles. The molecular formula is C7H16N2O2S. The van der Waals surface area contributed by atoms with E-state index in [1.165, 1.54) is 8.61 Å². The molecule has 2 atom stereocenters. The predicted octanol–water partition coefficient (Wildman–Crippen LogP) is 0.133. The fourth-order valence-electron chi connectivity index (χ4n) is 1.16. The molecule has 12 heavy (non-hydrogen) atoms. The molecule has 0 bridgehead atoms. The standard InChI is InChI=1S/C7H16N2O2S/c1-6(2)7-5-9(7)12(10,11)8(3)4/h6-7H,5H2,1-4H3/t7-,9?/m1/s1. The third-order valence-electron chi connectivity index (χ3n) is 2.13. The topological polar surface area (TPSA) is 40.4 Å². The van der Waals surface area contributed by atoms with Crippen LogP contribution in [0.25, 0.3) is 0 Å². The van der Waals surface area contributed by atoms with Gasteiger partial charge in [0.05, 0.1) is 0 Å². The molecule has 1 saturated heterocycles. The molecule has 4 nitrogen and oxygen atoms in total. The van der Waals surface area contributed by atoms with Crippen molar-refractivity contribution in [2.45, 2.75) is 19.9 Å². The molecule has 0 saturated carbocycles. The van der Waals surface area contributed by atoms with Gasteiger partial charge in [0.2, 0.25) is 0 Å². The van der Waals surface area contributed by atoms with Gasteiger partial charge in [-0.3, -0.25) is 0 Å². The maximum Gasteiger partial charge on any atom is 0.281 e. The lowest BCUT2D eigenvalue weighted by Crippen LogP contribution is -2.30. The number of nitrogens with zero attached hydrogens (tertiary/aromatic N) is 2. The van der Waals surface area contributed by atoms with E-state index in [0.717, 1.165) is 0 Å². The van der Waals surface area contributed by atoms with E-state index in [2.05, 4.69) is 0 Å². The first-order chi connectivity index (χ1) is 5.37. The van der Waals surface area contributed by atoms with Crippen LogP contribution in [0.1, 0.15) is 13.8 Å². The normalized spacial score (nSPS) is 29.8. The maximum absolute atomic E-state index is 11.5. The van der Waals surface area contributed by atoms with Crippen LogP contribution in [0.4, 0.5) is 0 Å². The van der Waals surface area contributed by atoms with Crippen molar-refractivity contribution in [3.8, 4) is 0 Å². The zero-order valence-corrected chi connectivity index (χ0v) is 8.80. The van der Waals surface area contributed by atoms with Crippen molar-refractivity contribution in [1.29, 1.82) is 0 Å². The summed E-state index contributed by atoms with van der Waals surface area (Å²) in [5.74, 6) is 0.416. The molecular weight excluding hydrogens is 176 g/mol. The molecule has 0 N–H and O–H groups in total. The Kier molecular flexibility index (Phi) is 2.47. The Morgan fingerprint density at radius 3 is 2.17 bits per heavy atom. The van der Waals surface area contributed by atoms with Crippen molar-refractivity contribution < 1.29 is 8.42 Å². The third-order valence-corrected chi connectivity index (χ3v) is 4.07. The molecule has 0 amide bonds. The largest absolute Gasteiger partial charge is 0.281 e. The van der Waals surface area contributed by atoms with E-state index in [1.807, 2.05) is 13.8 Å². The van der Waals surface area contributed by atoms with Crippen LogP contribution in [0.15, 0.2) is 0 Å². The molecule has 0 spiro atoms. The highest BCUT2D eigenvalue weighted by atomic mass is 32.2.